The molecule has 1 aliphatic rings. The number of nitrogens with two attached hydrogens (primary N) is 1. The monoisotopic (exact) mass is 223 g/mol. The van der Waals surface area contributed by atoms with Gasteiger partial charge in [-0.15, -0.1) is 0 Å². The van der Waals surface area contributed by atoms with Crippen LogP contribution in [0.2, 0.25) is 0 Å². The predicted molar refractivity (Wildman–Crippen MR) is 48.8 cm³/mol. The first-order chi connectivity index (χ1) is 7.11. The second-order valence-corrected chi connectivity index (χ2v) is 3.35. The van der Waals surface area contributed by atoms with Crippen molar-refractivity contribution in [3.63, 3.8) is 0 Å². The van der Waals surface area contributed by atoms with Gasteiger partial charge in [-0.2, -0.15) is 0 Å². The Kier molecular flexibility index (Phi) is 4.87. The van der Waals surface area contributed by atoms with Crippen LogP contribution in [0.5, 0.6) is 0 Å². The summed E-state index contributed by atoms with van der Waals surface area (Å²) in [6.07, 6.45) is -6.00. The molecule has 7 heteroatoms. The number of ether oxygens (including phenoxy) is 2. The van der Waals surface area contributed by atoms with Gasteiger partial charge in [-0.3, -0.25) is 0 Å². The van der Waals surface area contributed by atoms with Crippen LogP contribution in [0.4, 0.5) is 0 Å². The lowest BCUT2D eigenvalue weighted by molar-refractivity contribution is -0.294. The summed E-state index contributed by atoms with van der Waals surface area (Å²) in [5, 5.41) is 37.2. The Labute approximate surface area is 87.0 Å². The van der Waals surface area contributed by atoms with Gasteiger partial charge < -0.3 is 35.6 Å². The second kappa shape index (κ2) is 5.71. The fourth-order valence-corrected chi connectivity index (χ4v) is 1.47. The number of rotatable bonds is 4. The van der Waals surface area contributed by atoms with E-state index in [1.165, 1.54) is 0 Å². The summed E-state index contributed by atoms with van der Waals surface area (Å²) < 4.78 is 9.85. The molecule has 0 bridgehead atoms. The summed E-state index contributed by atoms with van der Waals surface area (Å²) in [5.74, 6) is 0. The van der Waals surface area contributed by atoms with Crippen LogP contribution in [0.15, 0.2) is 0 Å². The minimum Gasteiger partial charge on any atom is -0.394 e. The molecule has 0 amide bonds. The third-order valence-corrected chi connectivity index (χ3v) is 2.27. The van der Waals surface area contributed by atoms with E-state index in [9.17, 15) is 15.3 Å². The van der Waals surface area contributed by atoms with Crippen LogP contribution in [-0.2, 0) is 9.47 Å². The van der Waals surface area contributed by atoms with E-state index in [2.05, 4.69) is 0 Å². The van der Waals surface area contributed by atoms with Gasteiger partial charge in [0.15, 0.2) is 6.29 Å². The van der Waals surface area contributed by atoms with E-state index < -0.39 is 37.3 Å². The molecule has 0 unspecified atom stereocenters. The number of aliphatic hydroxyl groups is 4. The fourth-order valence-electron chi connectivity index (χ4n) is 1.47. The Hall–Kier alpha value is -0.280. The number of hydrogen-bond acceptors (Lipinski definition) is 7. The van der Waals surface area contributed by atoms with E-state index in [1.807, 2.05) is 0 Å². The van der Waals surface area contributed by atoms with Crippen LogP contribution in [0.1, 0.15) is 0 Å². The summed E-state index contributed by atoms with van der Waals surface area (Å²) in [4.78, 5) is 0. The molecule has 90 valence electrons. The summed E-state index contributed by atoms with van der Waals surface area (Å²) in [6, 6.07) is 0. The third kappa shape index (κ3) is 2.85. The van der Waals surface area contributed by atoms with E-state index in [0.29, 0.717) is 0 Å². The molecule has 0 radical (unpaired) electrons. The van der Waals surface area contributed by atoms with Crippen molar-refractivity contribution in [2.24, 2.45) is 5.73 Å². The van der Waals surface area contributed by atoms with Crippen LogP contribution in [0.3, 0.4) is 0 Å². The quantitative estimate of drug-likeness (QED) is 0.339. The fraction of sp³-hybridized carbons (Fsp3) is 1.00. The second-order valence-electron chi connectivity index (χ2n) is 3.35. The molecule has 1 heterocycles. The smallest absolute Gasteiger partial charge is 0.184 e. The zero-order chi connectivity index (χ0) is 11.4. The molecule has 7 nitrogen and oxygen atoms in total. The molecule has 1 aliphatic heterocycles. The Morgan fingerprint density at radius 2 is 1.87 bits per heavy atom. The molecule has 5 atom stereocenters. The van der Waals surface area contributed by atoms with Crippen LogP contribution in [0, 0.1) is 0 Å². The summed E-state index contributed by atoms with van der Waals surface area (Å²) >= 11 is 0. The average molecular weight is 223 g/mol. The standard InChI is InChI=1S/C8H17NO6/c9-1-2-14-7-5(11)4(3-10)15-8(13)6(7)12/h4-8,10-13H,1-3,9H2/t4-,5+,6-,7+,8-/m1/s1. The number of hydrogen-bond donors (Lipinski definition) is 5. The molecule has 0 saturated carbocycles. The van der Waals surface area contributed by atoms with Gasteiger partial charge in [0.1, 0.15) is 24.4 Å². The van der Waals surface area contributed by atoms with Crippen molar-refractivity contribution in [2.75, 3.05) is 19.8 Å². The summed E-state index contributed by atoms with van der Waals surface area (Å²) in [6.45, 7) is -0.0895. The van der Waals surface area contributed by atoms with Crippen LogP contribution in [0.25, 0.3) is 0 Å². The molecule has 1 rings (SSSR count). The molecule has 1 fully saturated rings. The van der Waals surface area contributed by atoms with Gasteiger partial charge in [-0.1, -0.05) is 0 Å². The maximum absolute atomic E-state index is 9.62. The lowest BCUT2D eigenvalue weighted by Gasteiger charge is -2.39. The lowest BCUT2D eigenvalue weighted by Crippen LogP contribution is -2.59. The molecule has 0 aromatic heterocycles. The zero-order valence-electron chi connectivity index (χ0n) is 8.19. The van der Waals surface area contributed by atoms with Crippen molar-refractivity contribution in [3.05, 3.63) is 0 Å². The summed E-state index contributed by atoms with van der Waals surface area (Å²) in [7, 11) is 0. The third-order valence-electron chi connectivity index (χ3n) is 2.27. The molecular formula is C8H17NO6. The maximum Gasteiger partial charge on any atom is 0.184 e. The van der Waals surface area contributed by atoms with Crippen molar-refractivity contribution in [1.82, 2.24) is 0 Å². The van der Waals surface area contributed by atoms with E-state index in [0.717, 1.165) is 0 Å². The van der Waals surface area contributed by atoms with Crippen molar-refractivity contribution in [2.45, 2.75) is 30.7 Å². The minimum atomic E-state index is -1.48. The molecule has 0 aliphatic carbocycles. The molecule has 6 N–H and O–H groups in total. The predicted octanol–water partition coefficient (Wildman–Crippen LogP) is -3.24. The topological polar surface area (TPSA) is 125 Å². The van der Waals surface area contributed by atoms with Crippen molar-refractivity contribution < 1.29 is 29.9 Å². The van der Waals surface area contributed by atoms with E-state index >= 15 is 0 Å². The van der Waals surface area contributed by atoms with Gasteiger partial charge in [-0.05, 0) is 0 Å². The van der Waals surface area contributed by atoms with E-state index in [1.54, 1.807) is 0 Å². The van der Waals surface area contributed by atoms with Crippen molar-refractivity contribution in [3.8, 4) is 0 Å². The highest BCUT2D eigenvalue weighted by Gasteiger charge is 2.44. The average Bonchev–Trinajstić information content (AvgIpc) is 2.23. The molecular weight excluding hydrogens is 206 g/mol. The van der Waals surface area contributed by atoms with Gasteiger partial charge in [0.2, 0.25) is 0 Å². The van der Waals surface area contributed by atoms with Crippen molar-refractivity contribution in [1.29, 1.82) is 0 Å². The van der Waals surface area contributed by atoms with Gasteiger partial charge in [-0.25, -0.2) is 0 Å². The first kappa shape index (κ1) is 12.8. The molecule has 0 aromatic carbocycles. The highest BCUT2D eigenvalue weighted by molar-refractivity contribution is 4.89. The minimum absolute atomic E-state index is 0.143. The van der Waals surface area contributed by atoms with Gasteiger partial charge in [0, 0.05) is 6.54 Å². The highest BCUT2D eigenvalue weighted by atomic mass is 16.6. The first-order valence-electron chi connectivity index (χ1n) is 4.74. The molecule has 15 heavy (non-hydrogen) atoms. The summed E-state index contributed by atoms with van der Waals surface area (Å²) in [5.41, 5.74) is 5.21. The van der Waals surface area contributed by atoms with Crippen LogP contribution < -0.4 is 5.73 Å². The Morgan fingerprint density at radius 3 is 2.40 bits per heavy atom. The lowest BCUT2D eigenvalue weighted by atomic mass is 9.99. The first-order valence-corrected chi connectivity index (χ1v) is 4.74. The molecule has 0 spiro atoms. The Balaban J connectivity index is 2.62. The van der Waals surface area contributed by atoms with Crippen LogP contribution >= 0.6 is 0 Å². The largest absolute Gasteiger partial charge is 0.394 e. The Bertz CT molecular complexity index is 192. The SMILES string of the molecule is NCCO[C@@H]1[C@@H](O)[C@H](O)O[C@H](CO)[C@@H]1O. The normalized spacial score (nSPS) is 41.8. The van der Waals surface area contributed by atoms with Crippen LogP contribution in [-0.4, -0.2) is 70.9 Å². The van der Waals surface area contributed by atoms with E-state index in [4.69, 9.17) is 20.3 Å². The van der Waals surface area contributed by atoms with Gasteiger partial charge in [0.05, 0.1) is 13.2 Å². The highest BCUT2D eigenvalue weighted by Crippen LogP contribution is 2.21. The molecule has 0 aromatic rings. The van der Waals surface area contributed by atoms with Crippen molar-refractivity contribution >= 4 is 0 Å². The zero-order valence-corrected chi connectivity index (χ0v) is 8.19. The number of aliphatic hydroxyl groups excluding tert-OH is 4. The van der Waals surface area contributed by atoms with Gasteiger partial charge in [0.25, 0.3) is 0 Å². The van der Waals surface area contributed by atoms with Gasteiger partial charge >= 0.3 is 0 Å². The van der Waals surface area contributed by atoms with E-state index in [-0.39, 0.29) is 13.2 Å². The Morgan fingerprint density at radius 1 is 1.20 bits per heavy atom. The maximum atomic E-state index is 9.62. The molecule has 1 saturated heterocycles.